The van der Waals surface area contributed by atoms with E-state index in [-0.39, 0.29) is 0 Å². The summed E-state index contributed by atoms with van der Waals surface area (Å²) in [6.45, 7) is 6.71. The fourth-order valence-corrected chi connectivity index (χ4v) is 1.62. The summed E-state index contributed by atoms with van der Waals surface area (Å²) < 4.78 is 10.8. The van der Waals surface area contributed by atoms with E-state index in [1.807, 2.05) is 18.2 Å². The molecule has 0 aliphatic carbocycles. The number of methoxy groups -OCH3 is 1. The van der Waals surface area contributed by atoms with Crippen molar-refractivity contribution < 1.29 is 9.47 Å². The highest BCUT2D eigenvalue weighted by atomic mass is 16.5. The molecule has 96 valence electrons. The van der Waals surface area contributed by atoms with Gasteiger partial charge in [0, 0.05) is 6.54 Å². The highest BCUT2D eigenvalue weighted by Gasteiger charge is 2.00. The summed E-state index contributed by atoms with van der Waals surface area (Å²) in [4.78, 5) is 0. The van der Waals surface area contributed by atoms with E-state index in [9.17, 15) is 0 Å². The molecule has 0 fully saturated rings. The Hall–Kier alpha value is -1.06. The van der Waals surface area contributed by atoms with Crippen LogP contribution in [0.2, 0.25) is 0 Å². The van der Waals surface area contributed by atoms with Crippen molar-refractivity contribution in [2.24, 2.45) is 0 Å². The van der Waals surface area contributed by atoms with Crippen LogP contribution in [-0.2, 0) is 11.2 Å². The quantitative estimate of drug-likeness (QED) is 0.703. The Morgan fingerprint density at radius 3 is 2.65 bits per heavy atom. The molecule has 3 nitrogen and oxygen atoms in total. The first-order valence-electron chi connectivity index (χ1n) is 6.18. The summed E-state index contributed by atoms with van der Waals surface area (Å²) in [5.74, 6) is 0.965. The second kappa shape index (κ2) is 8.09. The van der Waals surface area contributed by atoms with Crippen LogP contribution in [0.25, 0.3) is 0 Å². The van der Waals surface area contributed by atoms with Gasteiger partial charge in [0.25, 0.3) is 0 Å². The summed E-state index contributed by atoms with van der Waals surface area (Å²) in [6, 6.07) is 8.13. The normalized spacial score (nSPS) is 10.8. The molecule has 0 aliphatic heterocycles. The molecule has 0 saturated heterocycles. The number of para-hydroxylation sites is 1. The molecular weight excluding hydrogens is 214 g/mol. The zero-order valence-corrected chi connectivity index (χ0v) is 11.0. The lowest BCUT2D eigenvalue weighted by Gasteiger charge is -2.10. The lowest BCUT2D eigenvalue weighted by Crippen LogP contribution is -2.23. The third kappa shape index (κ3) is 5.71. The van der Waals surface area contributed by atoms with Gasteiger partial charge in [-0.3, -0.25) is 0 Å². The fraction of sp³-hybridized carbons (Fsp3) is 0.571. The summed E-state index contributed by atoms with van der Waals surface area (Å²) in [5.41, 5.74) is 1.24. The molecule has 17 heavy (non-hydrogen) atoms. The summed E-state index contributed by atoms with van der Waals surface area (Å²) in [7, 11) is 1.71. The number of hydrogen-bond acceptors (Lipinski definition) is 3. The van der Waals surface area contributed by atoms with Crippen LogP contribution in [0.4, 0.5) is 0 Å². The number of benzene rings is 1. The van der Waals surface area contributed by atoms with E-state index in [1.165, 1.54) is 5.56 Å². The molecule has 0 radical (unpaired) electrons. The molecule has 0 bridgehead atoms. The van der Waals surface area contributed by atoms with E-state index in [2.05, 4.69) is 25.2 Å². The Balaban J connectivity index is 2.17. The average molecular weight is 237 g/mol. The lowest BCUT2D eigenvalue weighted by atomic mass is 10.1. The zero-order chi connectivity index (χ0) is 12.5. The first-order valence-corrected chi connectivity index (χ1v) is 6.18. The summed E-state index contributed by atoms with van der Waals surface area (Å²) in [5, 5.41) is 3.36. The van der Waals surface area contributed by atoms with E-state index in [4.69, 9.17) is 9.47 Å². The van der Waals surface area contributed by atoms with Crippen molar-refractivity contribution in [3.05, 3.63) is 29.8 Å². The molecule has 1 N–H and O–H groups in total. The highest BCUT2D eigenvalue weighted by molar-refractivity contribution is 5.33. The molecule has 1 aromatic carbocycles. The van der Waals surface area contributed by atoms with Crippen molar-refractivity contribution in [2.45, 2.75) is 26.4 Å². The van der Waals surface area contributed by atoms with Crippen LogP contribution in [-0.4, -0.2) is 32.9 Å². The van der Waals surface area contributed by atoms with Gasteiger partial charge in [-0.15, -0.1) is 0 Å². The maximum Gasteiger partial charge on any atom is 0.122 e. The molecule has 0 amide bonds. The molecule has 0 spiro atoms. The van der Waals surface area contributed by atoms with Gasteiger partial charge in [-0.25, -0.2) is 0 Å². The molecular formula is C14H23NO2. The third-order valence-corrected chi connectivity index (χ3v) is 2.49. The molecule has 0 aromatic heterocycles. The number of nitrogens with one attached hydrogen (secondary N) is 1. The molecule has 0 atom stereocenters. The molecule has 0 aliphatic rings. The minimum atomic E-state index is 0.311. The third-order valence-electron chi connectivity index (χ3n) is 2.49. The van der Waals surface area contributed by atoms with Crippen molar-refractivity contribution in [3.8, 4) is 5.75 Å². The van der Waals surface area contributed by atoms with Gasteiger partial charge >= 0.3 is 0 Å². The van der Waals surface area contributed by atoms with Crippen LogP contribution in [0.1, 0.15) is 19.4 Å². The van der Waals surface area contributed by atoms with E-state index < -0.39 is 0 Å². The Morgan fingerprint density at radius 2 is 1.94 bits per heavy atom. The summed E-state index contributed by atoms with van der Waals surface area (Å²) in [6.07, 6.45) is 1.29. The number of hydrogen-bond donors (Lipinski definition) is 1. The predicted molar refractivity (Wildman–Crippen MR) is 70.7 cm³/mol. The van der Waals surface area contributed by atoms with Crippen LogP contribution in [0, 0.1) is 0 Å². The van der Waals surface area contributed by atoms with Gasteiger partial charge in [0.05, 0.1) is 19.8 Å². The first kappa shape index (κ1) is 14.0. The average Bonchev–Trinajstić information content (AvgIpc) is 2.33. The Kier molecular flexibility index (Phi) is 6.67. The largest absolute Gasteiger partial charge is 0.496 e. The van der Waals surface area contributed by atoms with Crippen molar-refractivity contribution in [1.29, 1.82) is 0 Å². The predicted octanol–water partition coefficient (Wildman–Crippen LogP) is 2.25. The van der Waals surface area contributed by atoms with Gasteiger partial charge in [0.2, 0.25) is 0 Å². The maximum absolute atomic E-state index is 5.45. The van der Waals surface area contributed by atoms with Crippen molar-refractivity contribution >= 4 is 0 Å². The molecule has 0 unspecified atom stereocenters. The fourth-order valence-electron chi connectivity index (χ4n) is 1.62. The van der Waals surface area contributed by atoms with E-state index in [0.29, 0.717) is 6.10 Å². The highest BCUT2D eigenvalue weighted by Crippen LogP contribution is 2.16. The second-order valence-corrected chi connectivity index (χ2v) is 4.23. The van der Waals surface area contributed by atoms with Gasteiger partial charge in [-0.2, -0.15) is 0 Å². The first-order chi connectivity index (χ1) is 8.24. The Morgan fingerprint density at radius 1 is 1.18 bits per heavy atom. The van der Waals surface area contributed by atoms with Crippen molar-refractivity contribution in [3.63, 3.8) is 0 Å². The zero-order valence-electron chi connectivity index (χ0n) is 11.0. The van der Waals surface area contributed by atoms with Gasteiger partial charge in [-0.1, -0.05) is 18.2 Å². The topological polar surface area (TPSA) is 30.5 Å². The van der Waals surface area contributed by atoms with E-state index in [1.54, 1.807) is 7.11 Å². The molecule has 1 aromatic rings. The van der Waals surface area contributed by atoms with Gasteiger partial charge in [-0.05, 0) is 38.4 Å². The van der Waals surface area contributed by atoms with Crippen LogP contribution >= 0.6 is 0 Å². The van der Waals surface area contributed by atoms with Gasteiger partial charge in [0.15, 0.2) is 0 Å². The van der Waals surface area contributed by atoms with Crippen LogP contribution in [0.5, 0.6) is 5.75 Å². The standard InChI is InChI=1S/C14H23NO2/c1-12(2)17-11-10-15-9-8-13-6-4-5-7-14(13)16-3/h4-7,12,15H,8-11H2,1-3H3. The van der Waals surface area contributed by atoms with Crippen LogP contribution in [0.15, 0.2) is 24.3 Å². The lowest BCUT2D eigenvalue weighted by molar-refractivity contribution is 0.0810. The Bertz CT molecular complexity index is 313. The molecule has 3 heteroatoms. The minimum absolute atomic E-state index is 0.311. The maximum atomic E-state index is 5.45. The molecule has 0 saturated carbocycles. The minimum Gasteiger partial charge on any atom is -0.496 e. The van der Waals surface area contributed by atoms with E-state index in [0.717, 1.165) is 31.9 Å². The monoisotopic (exact) mass is 237 g/mol. The van der Waals surface area contributed by atoms with Gasteiger partial charge < -0.3 is 14.8 Å². The molecule has 0 heterocycles. The van der Waals surface area contributed by atoms with Gasteiger partial charge in [0.1, 0.15) is 5.75 Å². The number of rotatable bonds is 8. The van der Waals surface area contributed by atoms with Crippen LogP contribution < -0.4 is 10.1 Å². The Labute approximate surface area is 104 Å². The smallest absolute Gasteiger partial charge is 0.122 e. The SMILES string of the molecule is COc1ccccc1CCNCCOC(C)C. The molecule has 1 rings (SSSR count). The van der Waals surface area contributed by atoms with Crippen LogP contribution in [0.3, 0.4) is 0 Å². The second-order valence-electron chi connectivity index (χ2n) is 4.23. The number of ether oxygens (including phenoxy) is 2. The summed E-state index contributed by atoms with van der Waals surface area (Å²) >= 11 is 0. The van der Waals surface area contributed by atoms with Crippen molar-refractivity contribution in [2.75, 3.05) is 26.8 Å². The van der Waals surface area contributed by atoms with Crippen molar-refractivity contribution in [1.82, 2.24) is 5.32 Å². The van der Waals surface area contributed by atoms with E-state index >= 15 is 0 Å².